The molecule has 1 heterocycles. The molecule has 0 aromatic carbocycles. The van der Waals surface area contributed by atoms with Gasteiger partial charge in [0.1, 0.15) is 0 Å². The number of amides is 1. The molecule has 0 spiro atoms. The monoisotopic (exact) mass is 286 g/mol. The Morgan fingerprint density at radius 1 is 1.53 bits per heavy atom. The Hall–Kier alpha value is -1.06. The van der Waals surface area contributed by atoms with Crippen LogP contribution in [0.15, 0.2) is 0 Å². The molecule has 0 radical (unpaired) electrons. The molecule has 19 heavy (non-hydrogen) atoms. The zero-order valence-electron chi connectivity index (χ0n) is 11.7. The first-order chi connectivity index (χ1) is 8.58. The van der Waals surface area contributed by atoms with Crippen LogP contribution in [0.2, 0.25) is 0 Å². The Morgan fingerprint density at radius 2 is 2.11 bits per heavy atom. The molecule has 1 rings (SSSR count). The van der Waals surface area contributed by atoms with Crippen molar-refractivity contribution in [1.29, 1.82) is 0 Å². The molecule has 1 aliphatic rings. The first kappa shape index (κ1) is 16.0. The molecule has 1 saturated heterocycles. The highest BCUT2D eigenvalue weighted by atomic mass is 32.2. The maximum atomic E-state index is 12.4. The van der Waals surface area contributed by atoms with Crippen LogP contribution in [-0.4, -0.2) is 49.4 Å². The van der Waals surface area contributed by atoms with Crippen molar-refractivity contribution in [2.24, 2.45) is 11.1 Å². The summed E-state index contributed by atoms with van der Waals surface area (Å²) in [4.78, 5) is 13.8. The summed E-state index contributed by atoms with van der Waals surface area (Å²) in [7, 11) is -3.06. The van der Waals surface area contributed by atoms with E-state index in [0.717, 1.165) is 0 Å². The first-order valence-corrected chi connectivity index (χ1v) is 8.10. The van der Waals surface area contributed by atoms with Crippen molar-refractivity contribution in [2.45, 2.75) is 39.3 Å². The smallest absolute Gasteiger partial charge is 0.241 e. The molecule has 0 aromatic heterocycles. The van der Waals surface area contributed by atoms with Gasteiger partial charge in [0.2, 0.25) is 5.91 Å². The molecule has 0 bridgehead atoms. The van der Waals surface area contributed by atoms with Crippen LogP contribution >= 0.6 is 0 Å². The summed E-state index contributed by atoms with van der Waals surface area (Å²) in [6.45, 7) is 5.71. The van der Waals surface area contributed by atoms with Crippen molar-refractivity contribution in [3.05, 3.63) is 0 Å². The van der Waals surface area contributed by atoms with E-state index in [2.05, 4.69) is 5.92 Å². The van der Waals surface area contributed by atoms with E-state index in [-0.39, 0.29) is 35.4 Å². The number of carbonyl (C=O) groups is 1. The summed E-state index contributed by atoms with van der Waals surface area (Å²) in [6.07, 6.45) is 5.71. The van der Waals surface area contributed by atoms with Gasteiger partial charge in [-0.3, -0.25) is 4.79 Å². The lowest BCUT2D eigenvalue weighted by molar-refractivity contribution is -0.136. The Labute approximate surface area is 115 Å². The number of nitrogens with two attached hydrogens (primary N) is 1. The minimum Gasteiger partial charge on any atom is -0.326 e. The van der Waals surface area contributed by atoms with Crippen molar-refractivity contribution in [2.75, 3.05) is 18.1 Å². The van der Waals surface area contributed by atoms with Gasteiger partial charge in [-0.1, -0.05) is 26.7 Å². The van der Waals surface area contributed by atoms with Crippen molar-refractivity contribution in [3.8, 4) is 12.3 Å². The van der Waals surface area contributed by atoms with Gasteiger partial charge >= 0.3 is 0 Å². The molecule has 108 valence electrons. The quantitative estimate of drug-likeness (QED) is 0.741. The van der Waals surface area contributed by atoms with Crippen LogP contribution in [0.5, 0.6) is 0 Å². The summed E-state index contributed by atoms with van der Waals surface area (Å²) in [5, 5.41) is 0. The van der Waals surface area contributed by atoms with Crippen LogP contribution in [0.25, 0.3) is 0 Å². The van der Waals surface area contributed by atoms with E-state index >= 15 is 0 Å². The highest BCUT2D eigenvalue weighted by Gasteiger charge is 2.38. The van der Waals surface area contributed by atoms with E-state index in [1.807, 2.05) is 20.8 Å². The predicted octanol–water partition coefficient (Wildman–Crippen LogP) is 0.00870. The fourth-order valence-electron chi connectivity index (χ4n) is 2.06. The van der Waals surface area contributed by atoms with Gasteiger partial charge < -0.3 is 10.6 Å². The maximum absolute atomic E-state index is 12.4. The lowest BCUT2D eigenvalue weighted by Gasteiger charge is -2.34. The van der Waals surface area contributed by atoms with Gasteiger partial charge in [0.15, 0.2) is 9.84 Å². The van der Waals surface area contributed by atoms with Gasteiger partial charge in [-0.15, -0.1) is 6.42 Å². The van der Waals surface area contributed by atoms with Crippen LogP contribution in [-0.2, 0) is 14.6 Å². The molecule has 1 fully saturated rings. The van der Waals surface area contributed by atoms with Crippen LogP contribution < -0.4 is 5.73 Å². The van der Waals surface area contributed by atoms with Crippen LogP contribution in [0, 0.1) is 17.8 Å². The van der Waals surface area contributed by atoms with Crippen LogP contribution in [0.3, 0.4) is 0 Å². The summed E-state index contributed by atoms with van der Waals surface area (Å²) in [5.41, 5.74) is 5.56. The zero-order valence-corrected chi connectivity index (χ0v) is 12.5. The summed E-state index contributed by atoms with van der Waals surface area (Å²) in [5.74, 6) is 2.23. The molecule has 1 amide bonds. The second-order valence-corrected chi connectivity index (χ2v) is 8.30. The van der Waals surface area contributed by atoms with Crippen LogP contribution in [0.1, 0.15) is 27.2 Å². The second-order valence-electron chi connectivity index (χ2n) is 6.07. The predicted molar refractivity (Wildman–Crippen MR) is 75.0 cm³/mol. The zero-order chi connectivity index (χ0) is 14.8. The molecular formula is C13H22N2O3S. The van der Waals surface area contributed by atoms with Gasteiger partial charge in [0.05, 0.1) is 24.1 Å². The Balaban J connectivity index is 2.91. The van der Waals surface area contributed by atoms with Gasteiger partial charge in [-0.25, -0.2) is 8.42 Å². The van der Waals surface area contributed by atoms with E-state index < -0.39 is 15.9 Å². The number of nitrogens with zero attached hydrogens (tertiary/aromatic N) is 1. The Morgan fingerprint density at radius 3 is 2.47 bits per heavy atom. The molecule has 1 aliphatic heterocycles. The molecule has 2 N–H and O–H groups in total. The number of carbonyl (C=O) groups excluding carboxylic acids is 1. The molecule has 0 aromatic rings. The highest BCUT2D eigenvalue weighted by molar-refractivity contribution is 7.91. The summed E-state index contributed by atoms with van der Waals surface area (Å²) in [6, 6.07) is -1.04. The van der Waals surface area contributed by atoms with E-state index in [1.165, 1.54) is 4.90 Å². The van der Waals surface area contributed by atoms with Gasteiger partial charge in [-0.05, 0) is 11.8 Å². The minimum atomic E-state index is -3.06. The van der Waals surface area contributed by atoms with Crippen molar-refractivity contribution >= 4 is 15.7 Å². The largest absolute Gasteiger partial charge is 0.326 e. The van der Waals surface area contributed by atoms with Gasteiger partial charge in [-0.2, -0.15) is 0 Å². The summed E-state index contributed by atoms with van der Waals surface area (Å²) < 4.78 is 23.0. The first-order valence-electron chi connectivity index (χ1n) is 6.28. The number of hydrogen-bond donors (Lipinski definition) is 1. The molecule has 0 aliphatic carbocycles. The normalized spacial score (nSPS) is 23.6. The molecule has 6 heteroatoms. The SMILES string of the molecule is C#CCN(C(=O)[C@@H](N)C(C)(C)C)C1CCS(=O)(=O)C1. The van der Waals surface area contributed by atoms with Crippen LogP contribution in [0.4, 0.5) is 0 Å². The topological polar surface area (TPSA) is 80.5 Å². The fourth-order valence-corrected chi connectivity index (χ4v) is 3.79. The number of terminal acetylenes is 1. The average Bonchev–Trinajstić information content (AvgIpc) is 2.63. The standard InChI is InChI=1S/C13H22N2O3S/c1-5-7-15(10-6-8-19(17,18)9-10)12(16)11(14)13(2,3)4/h1,10-11H,6-9,14H2,2-4H3/t10?,11-/m1/s1. The van der Waals surface area contributed by atoms with Crippen molar-refractivity contribution in [3.63, 3.8) is 0 Å². The van der Waals surface area contributed by atoms with E-state index in [9.17, 15) is 13.2 Å². The Bertz CT molecular complexity index is 485. The minimum absolute atomic E-state index is 0.0166. The van der Waals surface area contributed by atoms with Crippen molar-refractivity contribution in [1.82, 2.24) is 4.90 Å². The van der Waals surface area contributed by atoms with Gasteiger partial charge in [0.25, 0.3) is 0 Å². The third kappa shape index (κ3) is 3.95. The molecular weight excluding hydrogens is 264 g/mol. The summed E-state index contributed by atoms with van der Waals surface area (Å²) >= 11 is 0. The fraction of sp³-hybridized carbons (Fsp3) is 0.769. The lowest BCUT2D eigenvalue weighted by atomic mass is 9.86. The molecule has 1 unspecified atom stereocenters. The number of hydrogen-bond acceptors (Lipinski definition) is 4. The second kappa shape index (κ2) is 5.51. The average molecular weight is 286 g/mol. The van der Waals surface area contributed by atoms with Gasteiger partial charge in [0, 0.05) is 6.04 Å². The highest BCUT2D eigenvalue weighted by Crippen LogP contribution is 2.23. The van der Waals surface area contributed by atoms with Crippen molar-refractivity contribution < 1.29 is 13.2 Å². The Kier molecular flexibility index (Phi) is 4.64. The van der Waals surface area contributed by atoms with E-state index in [1.54, 1.807) is 0 Å². The molecule has 5 nitrogen and oxygen atoms in total. The van der Waals surface area contributed by atoms with E-state index in [4.69, 9.17) is 12.2 Å². The number of sulfone groups is 1. The lowest BCUT2D eigenvalue weighted by Crippen LogP contribution is -2.54. The third-order valence-electron chi connectivity index (χ3n) is 3.39. The third-order valence-corrected chi connectivity index (χ3v) is 5.14. The molecule has 2 atom stereocenters. The molecule has 0 saturated carbocycles. The maximum Gasteiger partial charge on any atom is 0.241 e. The number of rotatable bonds is 3. The van der Waals surface area contributed by atoms with E-state index in [0.29, 0.717) is 6.42 Å².